The van der Waals surface area contributed by atoms with E-state index in [-0.39, 0.29) is 36.8 Å². The van der Waals surface area contributed by atoms with Crippen molar-refractivity contribution in [2.24, 2.45) is 11.5 Å². The largest absolute Gasteiger partial charge is 0.379 e. The molecule has 0 saturated carbocycles. The van der Waals surface area contributed by atoms with Crippen molar-refractivity contribution >= 4 is 50.4 Å². The zero-order chi connectivity index (χ0) is 18.9. The van der Waals surface area contributed by atoms with Gasteiger partial charge in [-0.1, -0.05) is 23.5 Å². The third-order valence-electron chi connectivity index (χ3n) is 2.03. The van der Waals surface area contributed by atoms with Crippen molar-refractivity contribution in [2.75, 3.05) is 51.1 Å². The quantitative estimate of drug-likeness (QED) is 0.117. The molecular formula is C10H24N4O7P2S2. The van der Waals surface area contributed by atoms with Crippen molar-refractivity contribution < 1.29 is 32.0 Å². The molecule has 2 unspecified atom stereocenters. The third kappa shape index (κ3) is 20.1. The lowest BCUT2D eigenvalue weighted by Crippen LogP contribution is -2.09. The minimum absolute atomic E-state index is 0.0174. The first-order valence-electron chi connectivity index (χ1n) is 7.02. The molecule has 0 aliphatic heterocycles. The second-order valence-electron chi connectivity index (χ2n) is 3.95. The Balaban J connectivity index is 3.43. The van der Waals surface area contributed by atoms with Gasteiger partial charge in [0.1, 0.15) is 0 Å². The van der Waals surface area contributed by atoms with E-state index in [1.165, 1.54) is 0 Å². The Kier molecular flexibility index (Phi) is 17.3. The van der Waals surface area contributed by atoms with Gasteiger partial charge in [0.2, 0.25) is 0 Å². The van der Waals surface area contributed by atoms with Crippen LogP contribution in [0.25, 0.3) is 0 Å². The van der Waals surface area contributed by atoms with Crippen molar-refractivity contribution in [1.82, 2.24) is 0 Å². The number of amidine groups is 2. The van der Waals surface area contributed by atoms with E-state index in [0.29, 0.717) is 24.7 Å². The van der Waals surface area contributed by atoms with Crippen LogP contribution in [-0.2, 0) is 32.0 Å². The van der Waals surface area contributed by atoms with Crippen LogP contribution in [0.5, 0.6) is 0 Å². The van der Waals surface area contributed by atoms with Crippen molar-refractivity contribution in [3.05, 3.63) is 0 Å². The normalized spacial score (nSPS) is 13.4. The summed E-state index contributed by atoms with van der Waals surface area (Å²) in [5.74, 6) is 1.08. The van der Waals surface area contributed by atoms with Crippen LogP contribution in [0.3, 0.4) is 0 Å². The van der Waals surface area contributed by atoms with Gasteiger partial charge in [-0.2, -0.15) is 0 Å². The fourth-order valence-corrected chi connectivity index (χ4v) is 3.48. The minimum Gasteiger partial charge on any atom is -0.379 e. The smallest absolute Gasteiger partial charge is 0.326 e. The van der Waals surface area contributed by atoms with Crippen LogP contribution in [0.4, 0.5) is 0 Å². The molecule has 0 heterocycles. The summed E-state index contributed by atoms with van der Waals surface area (Å²) < 4.78 is 47.3. The fourth-order valence-electron chi connectivity index (χ4n) is 1.12. The molecule has 0 amide bonds. The maximum Gasteiger partial charge on any atom is 0.326 e. The minimum atomic E-state index is -2.92. The maximum absolute atomic E-state index is 11.4. The summed E-state index contributed by atoms with van der Waals surface area (Å²) in [4.78, 5) is 0. The first-order valence-corrected chi connectivity index (χ1v) is 11.4. The number of hydrogen-bond donors (Lipinski definition) is 4. The Morgan fingerprint density at radius 3 is 1.52 bits per heavy atom. The lowest BCUT2D eigenvalue weighted by molar-refractivity contribution is 0.104. The molecule has 0 aromatic heterocycles. The van der Waals surface area contributed by atoms with E-state index in [0.717, 1.165) is 23.5 Å². The van der Waals surface area contributed by atoms with E-state index < -0.39 is 16.5 Å². The SMILES string of the molecule is N=C(N)SCCOCCO[PH](=O)O[PH](=O)OCCOCCSC(=N)N. The number of nitrogens with one attached hydrogen (secondary N) is 2. The average molecular weight is 438 g/mol. The van der Waals surface area contributed by atoms with Crippen LogP contribution in [0.1, 0.15) is 0 Å². The predicted molar refractivity (Wildman–Crippen MR) is 101 cm³/mol. The molecule has 0 bridgehead atoms. The van der Waals surface area contributed by atoms with Crippen molar-refractivity contribution in [1.29, 1.82) is 10.8 Å². The summed E-state index contributed by atoms with van der Waals surface area (Å²) >= 11 is 2.31. The summed E-state index contributed by atoms with van der Waals surface area (Å²) in [5.41, 5.74) is 10.3. The lowest BCUT2D eigenvalue weighted by Gasteiger charge is -2.07. The molecule has 15 heteroatoms. The molecule has 0 spiro atoms. The predicted octanol–water partition coefficient (Wildman–Crippen LogP) is 1.10. The molecule has 0 aromatic carbocycles. The van der Waals surface area contributed by atoms with E-state index in [1.807, 2.05) is 0 Å². The first-order chi connectivity index (χ1) is 11.9. The molecule has 11 nitrogen and oxygen atoms in total. The van der Waals surface area contributed by atoms with Gasteiger partial charge >= 0.3 is 16.5 Å². The summed E-state index contributed by atoms with van der Waals surface area (Å²) in [6.45, 7) is 1.17. The van der Waals surface area contributed by atoms with Gasteiger partial charge in [-0.3, -0.25) is 19.9 Å². The van der Waals surface area contributed by atoms with Gasteiger partial charge in [0.25, 0.3) is 0 Å². The van der Waals surface area contributed by atoms with Crippen LogP contribution >= 0.6 is 40.0 Å². The third-order valence-corrected chi connectivity index (χ3v) is 5.61. The van der Waals surface area contributed by atoms with Crippen LogP contribution in [0, 0.1) is 10.8 Å². The summed E-state index contributed by atoms with van der Waals surface area (Å²) in [6.07, 6.45) is 0. The van der Waals surface area contributed by atoms with E-state index in [2.05, 4.69) is 4.31 Å². The zero-order valence-electron chi connectivity index (χ0n) is 13.5. The van der Waals surface area contributed by atoms with Crippen molar-refractivity contribution in [3.63, 3.8) is 0 Å². The Bertz CT molecular complexity index is 409. The standard InChI is InChI=1S/C10H24N4O7P2S2/c11-9(12)24-7-5-17-1-3-19-22(15)21-23(16)20-4-2-18-6-8-25-10(13)14/h22-23H,1-8H2,(H3,11,12)(H3,13,14). The highest BCUT2D eigenvalue weighted by atomic mass is 32.2. The second kappa shape index (κ2) is 17.3. The van der Waals surface area contributed by atoms with Crippen LogP contribution in [0.2, 0.25) is 0 Å². The molecule has 0 fully saturated rings. The Morgan fingerprint density at radius 2 is 1.16 bits per heavy atom. The molecular weight excluding hydrogens is 414 g/mol. The van der Waals surface area contributed by atoms with Crippen molar-refractivity contribution in [3.8, 4) is 0 Å². The molecule has 0 saturated heterocycles. The molecule has 0 aliphatic rings. The molecule has 0 rings (SSSR count). The molecule has 6 N–H and O–H groups in total. The van der Waals surface area contributed by atoms with Gasteiger partial charge < -0.3 is 30.0 Å². The van der Waals surface area contributed by atoms with Crippen LogP contribution < -0.4 is 11.5 Å². The molecule has 0 radical (unpaired) electrons. The Morgan fingerprint density at radius 1 is 0.760 bits per heavy atom. The van der Waals surface area contributed by atoms with E-state index >= 15 is 0 Å². The number of thioether (sulfide) groups is 2. The molecule has 0 aromatic rings. The molecule has 0 aliphatic carbocycles. The Labute approximate surface area is 156 Å². The summed E-state index contributed by atoms with van der Waals surface area (Å²) in [6, 6.07) is 0. The van der Waals surface area contributed by atoms with Crippen LogP contribution in [-0.4, -0.2) is 61.5 Å². The lowest BCUT2D eigenvalue weighted by atomic mass is 10.7. The summed E-state index contributed by atoms with van der Waals surface area (Å²) in [7, 11) is -5.84. The maximum atomic E-state index is 11.4. The number of rotatable bonds is 16. The zero-order valence-corrected chi connectivity index (χ0v) is 17.1. The van der Waals surface area contributed by atoms with Crippen molar-refractivity contribution in [2.45, 2.75) is 0 Å². The highest BCUT2D eigenvalue weighted by molar-refractivity contribution is 8.13. The molecule has 2 atom stereocenters. The van der Waals surface area contributed by atoms with Gasteiger partial charge in [0, 0.05) is 11.5 Å². The average Bonchev–Trinajstić information content (AvgIpc) is 2.52. The topological polar surface area (TPSA) is 180 Å². The van der Waals surface area contributed by atoms with E-state index in [9.17, 15) is 9.13 Å². The number of nitrogens with two attached hydrogens (primary N) is 2. The van der Waals surface area contributed by atoms with E-state index in [1.54, 1.807) is 0 Å². The van der Waals surface area contributed by atoms with Gasteiger partial charge in [-0.25, -0.2) is 4.31 Å². The molecule has 25 heavy (non-hydrogen) atoms. The molecule has 148 valence electrons. The van der Waals surface area contributed by atoms with Crippen LogP contribution in [0.15, 0.2) is 0 Å². The second-order valence-corrected chi connectivity index (χ2v) is 8.62. The van der Waals surface area contributed by atoms with Gasteiger partial charge in [0.15, 0.2) is 10.3 Å². The monoisotopic (exact) mass is 438 g/mol. The van der Waals surface area contributed by atoms with Gasteiger partial charge in [-0.15, -0.1) is 0 Å². The summed E-state index contributed by atoms with van der Waals surface area (Å²) in [5, 5.41) is 14.0. The fraction of sp³-hybridized carbons (Fsp3) is 0.800. The number of ether oxygens (including phenoxy) is 2. The highest BCUT2D eigenvalue weighted by Crippen LogP contribution is 2.39. The Hall–Kier alpha value is -0.100. The highest BCUT2D eigenvalue weighted by Gasteiger charge is 2.07. The van der Waals surface area contributed by atoms with Gasteiger partial charge in [0.05, 0.1) is 39.6 Å². The number of hydrogen-bond acceptors (Lipinski definition) is 11. The first kappa shape index (κ1) is 24.9. The van der Waals surface area contributed by atoms with Gasteiger partial charge in [-0.05, 0) is 0 Å². The van der Waals surface area contributed by atoms with E-state index in [4.69, 9.17) is 40.8 Å².